The number of carbonyl (C=O) groups is 1. The summed E-state index contributed by atoms with van der Waals surface area (Å²) in [6, 6.07) is 16.9. The minimum absolute atomic E-state index is 0.245. The number of rotatable bonds is 5. The molecule has 0 aliphatic rings. The Labute approximate surface area is 148 Å². The van der Waals surface area contributed by atoms with Gasteiger partial charge in [0.1, 0.15) is 0 Å². The van der Waals surface area contributed by atoms with Crippen LogP contribution in [0.3, 0.4) is 0 Å². The molecule has 0 saturated carbocycles. The highest BCUT2D eigenvalue weighted by molar-refractivity contribution is 9.10. The molecule has 2 aromatic carbocycles. The molecule has 1 amide bonds. The zero-order valence-electron chi connectivity index (χ0n) is 12.8. The fraction of sp³-hybridized carbons (Fsp3) is 0.0556. The Morgan fingerprint density at radius 1 is 1.21 bits per heavy atom. The number of aromatic nitrogens is 2. The van der Waals surface area contributed by atoms with Gasteiger partial charge in [0.2, 0.25) is 0 Å². The van der Waals surface area contributed by atoms with Crippen molar-refractivity contribution < 1.29 is 4.79 Å². The van der Waals surface area contributed by atoms with Crippen LogP contribution in [0, 0.1) is 0 Å². The maximum atomic E-state index is 12.2. The zero-order valence-corrected chi connectivity index (χ0v) is 14.3. The monoisotopic (exact) mass is 382 g/mol. The number of nitrogens with zero attached hydrogens (tertiary/aromatic N) is 3. The summed E-state index contributed by atoms with van der Waals surface area (Å²) in [7, 11) is 0. The van der Waals surface area contributed by atoms with Gasteiger partial charge in [-0.1, -0.05) is 40.2 Å². The van der Waals surface area contributed by atoms with Gasteiger partial charge >= 0.3 is 0 Å². The van der Waals surface area contributed by atoms with E-state index in [1.807, 2.05) is 59.4 Å². The van der Waals surface area contributed by atoms with Crippen molar-refractivity contribution in [3.63, 3.8) is 0 Å². The molecule has 24 heavy (non-hydrogen) atoms. The van der Waals surface area contributed by atoms with E-state index in [1.54, 1.807) is 18.5 Å². The van der Waals surface area contributed by atoms with E-state index < -0.39 is 0 Å². The fourth-order valence-corrected chi connectivity index (χ4v) is 2.44. The van der Waals surface area contributed by atoms with Gasteiger partial charge in [0.25, 0.3) is 5.91 Å². The molecule has 0 atom stereocenters. The number of hydrogen-bond acceptors (Lipinski definition) is 3. The van der Waals surface area contributed by atoms with E-state index in [0.29, 0.717) is 12.1 Å². The molecular weight excluding hydrogens is 368 g/mol. The Hall–Kier alpha value is -2.73. The smallest absolute Gasteiger partial charge is 0.268 e. The highest BCUT2D eigenvalue weighted by Crippen LogP contribution is 2.09. The SMILES string of the molecule is O=C(NN=Cc1ccc(Br)cc1)c1cccc(Cn2cccn2)c1. The fourth-order valence-electron chi connectivity index (χ4n) is 2.17. The minimum Gasteiger partial charge on any atom is -0.268 e. The highest BCUT2D eigenvalue weighted by Gasteiger charge is 2.05. The average molecular weight is 383 g/mol. The first-order chi connectivity index (χ1) is 11.7. The highest BCUT2D eigenvalue weighted by atomic mass is 79.9. The predicted octanol–water partition coefficient (Wildman–Crippen LogP) is 3.46. The Kier molecular flexibility index (Phi) is 5.18. The normalized spacial score (nSPS) is 10.9. The largest absolute Gasteiger partial charge is 0.271 e. The number of amides is 1. The van der Waals surface area contributed by atoms with Crippen LogP contribution in [-0.4, -0.2) is 21.9 Å². The van der Waals surface area contributed by atoms with Crippen molar-refractivity contribution in [2.75, 3.05) is 0 Å². The first-order valence-electron chi connectivity index (χ1n) is 7.36. The Morgan fingerprint density at radius 3 is 2.79 bits per heavy atom. The topological polar surface area (TPSA) is 59.3 Å². The molecule has 0 saturated heterocycles. The van der Waals surface area contributed by atoms with Gasteiger partial charge < -0.3 is 0 Å². The molecule has 0 unspecified atom stereocenters. The third-order valence-electron chi connectivity index (χ3n) is 3.34. The molecule has 0 bridgehead atoms. The molecule has 1 N–H and O–H groups in total. The number of carbonyl (C=O) groups excluding carboxylic acids is 1. The van der Waals surface area contributed by atoms with Crippen molar-refractivity contribution in [2.45, 2.75) is 6.54 Å². The number of nitrogens with one attached hydrogen (secondary N) is 1. The molecule has 0 fully saturated rings. The second-order valence-electron chi connectivity index (χ2n) is 5.15. The molecule has 0 aliphatic carbocycles. The van der Waals surface area contributed by atoms with E-state index in [2.05, 4.69) is 31.6 Å². The Balaban J connectivity index is 1.63. The van der Waals surface area contributed by atoms with E-state index in [4.69, 9.17) is 0 Å². The number of benzene rings is 2. The van der Waals surface area contributed by atoms with Crippen LogP contribution in [0.1, 0.15) is 21.5 Å². The van der Waals surface area contributed by atoms with Crippen molar-refractivity contribution in [2.24, 2.45) is 5.10 Å². The lowest BCUT2D eigenvalue weighted by atomic mass is 10.1. The summed E-state index contributed by atoms with van der Waals surface area (Å²) in [5, 5.41) is 8.16. The second-order valence-corrected chi connectivity index (χ2v) is 6.07. The van der Waals surface area contributed by atoms with Crippen LogP contribution in [-0.2, 0) is 6.54 Å². The summed E-state index contributed by atoms with van der Waals surface area (Å²) in [6.07, 6.45) is 5.22. The zero-order chi connectivity index (χ0) is 16.8. The average Bonchev–Trinajstić information content (AvgIpc) is 3.10. The van der Waals surface area contributed by atoms with Crippen LogP contribution in [0.15, 0.2) is 76.6 Å². The van der Waals surface area contributed by atoms with Crippen LogP contribution in [0.4, 0.5) is 0 Å². The van der Waals surface area contributed by atoms with Crippen LogP contribution < -0.4 is 5.43 Å². The Bertz CT molecular complexity index is 842. The van der Waals surface area contributed by atoms with Crippen molar-refractivity contribution in [1.82, 2.24) is 15.2 Å². The van der Waals surface area contributed by atoms with E-state index in [-0.39, 0.29) is 5.91 Å². The second kappa shape index (κ2) is 7.70. The van der Waals surface area contributed by atoms with Gasteiger partial charge in [0, 0.05) is 22.4 Å². The quantitative estimate of drug-likeness (QED) is 0.542. The standard InChI is InChI=1S/C18H15BrN4O/c19-17-7-5-14(6-8-17)12-20-22-18(24)16-4-1-3-15(11-16)13-23-10-2-9-21-23/h1-12H,13H2,(H,22,24). The first-order valence-corrected chi connectivity index (χ1v) is 8.15. The van der Waals surface area contributed by atoms with Gasteiger partial charge in [-0.25, -0.2) is 5.43 Å². The number of hydrogen-bond donors (Lipinski definition) is 1. The van der Waals surface area contributed by atoms with E-state index in [1.165, 1.54) is 0 Å². The van der Waals surface area contributed by atoms with Gasteiger partial charge in [-0.15, -0.1) is 0 Å². The number of halogens is 1. The Morgan fingerprint density at radius 2 is 2.04 bits per heavy atom. The first kappa shape index (κ1) is 16.1. The minimum atomic E-state index is -0.245. The van der Waals surface area contributed by atoms with Crippen LogP contribution in [0.25, 0.3) is 0 Å². The molecule has 0 radical (unpaired) electrons. The van der Waals surface area contributed by atoms with E-state index >= 15 is 0 Å². The molecule has 120 valence electrons. The molecular formula is C18H15BrN4O. The van der Waals surface area contributed by atoms with E-state index in [0.717, 1.165) is 15.6 Å². The van der Waals surface area contributed by atoms with Crippen LogP contribution >= 0.6 is 15.9 Å². The molecule has 1 aromatic heterocycles. The maximum absolute atomic E-state index is 12.2. The van der Waals surface area contributed by atoms with Crippen LogP contribution in [0.2, 0.25) is 0 Å². The third-order valence-corrected chi connectivity index (χ3v) is 3.87. The number of hydrazone groups is 1. The van der Waals surface area contributed by atoms with Gasteiger partial charge in [0.05, 0.1) is 12.8 Å². The predicted molar refractivity (Wildman–Crippen MR) is 97.0 cm³/mol. The lowest BCUT2D eigenvalue weighted by Crippen LogP contribution is -2.18. The summed E-state index contributed by atoms with van der Waals surface area (Å²) in [5.74, 6) is -0.245. The lowest BCUT2D eigenvalue weighted by Gasteiger charge is -2.05. The lowest BCUT2D eigenvalue weighted by molar-refractivity contribution is 0.0955. The van der Waals surface area contributed by atoms with Crippen molar-refractivity contribution in [3.8, 4) is 0 Å². The van der Waals surface area contributed by atoms with Gasteiger partial charge in [-0.05, 0) is 41.5 Å². The summed E-state index contributed by atoms with van der Waals surface area (Å²) < 4.78 is 2.81. The van der Waals surface area contributed by atoms with Gasteiger partial charge in [-0.3, -0.25) is 9.48 Å². The molecule has 0 spiro atoms. The van der Waals surface area contributed by atoms with E-state index in [9.17, 15) is 4.79 Å². The maximum Gasteiger partial charge on any atom is 0.271 e. The summed E-state index contributed by atoms with van der Waals surface area (Å²) in [5.41, 5.74) is 5.02. The molecule has 0 aliphatic heterocycles. The van der Waals surface area contributed by atoms with Gasteiger partial charge in [-0.2, -0.15) is 10.2 Å². The van der Waals surface area contributed by atoms with Crippen molar-refractivity contribution in [3.05, 3.63) is 88.2 Å². The third kappa shape index (κ3) is 4.39. The summed E-state index contributed by atoms with van der Waals surface area (Å²) in [4.78, 5) is 12.2. The summed E-state index contributed by atoms with van der Waals surface area (Å²) >= 11 is 3.37. The van der Waals surface area contributed by atoms with Crippen molar-refractivity contribution in [1.29, 1.82) is 0 Å². The molecule has 6 heteroatoms. The van der Waals surface area contributed by atoms with Crippen LogP contribution in [0.5, 0.6) is 0 Å². The van der Waals surface area contributed by atoms with Crippen molar-refractivity contribution >= 4 is 28.1 Å². The molecule has 5 nitrogen and oxygen atoms in total. The molecule has 3 rings (SSSR count). The summed E-state index contributed by atoms with van der Waals surface area (Å²) in [6.45, 7) is 0.621. The van der Waals surface area contributed by atoms with Gasteiger partial charge in [0.15, 0.2) is 0 Å². The molecule has 3 aromatic rings. The molecule has 1 heterocycles.